The van der Waals surface area contributed by atoms with Crippen LogP contribution in [0.3, 0.4) is 0 Å². The zero-order valence-electron chi connectivity index (χ0n) is 15.6. The number of aromatic carboxylic acids is 1. The molecule has 1 saturated heterocycles. The molecule has 3 aromatic rings. The van der Waals surface area contributed by atoms with Gasteiger partial charge in [0.1, 0.15) is 11.6 Å². The van der Waals surface area contributed by atoms with Crippen molar-refractivity contribution < 1.29 is 14.6 Å². The number of carboxylic acid groups (broad SMARTS) is 1. The number of carbonyl (C=O) groups is 1. The average Bonchev–Trinajstić information content (AvgIpc) is 3.24. The van der Waals surface area contributed by atoms with Crippen LogP contribution < -0.4 is 9.64 Å². The quantitative estimate of drug-likeness (QED) is 0.705. The maximum atomic E-state index is 11.0. The number of nitrogens with one attached hydrogen (secondary N) is 1. The van der Waals surface area contributed by atoms with Crippen LogP contribution in [0.4, 0.5) is 5.82 Å². The number of hydrogen-bond acceptors (Lipinski definition) is 5. The first-order chi connectivity index (χ1) is 13.7. The van der Waals surface area contributed by atoms with Crippen LogP contribution in [-0.2, 0) is 0 Å². The number of aromatic nitrogens is 3. The highest BCUT2D eigenvalue weighted by molar-refractivity contribution is 5.87. The number of methoxy groups -OCH3 is 1. The molecule has 0 spiro atoms. The van der Waals surface area contributed by atoms with Gasteiger partial charge in [0, 0.05) is 36.5 Å². The predicted molar refractivity (Wildman–Crippen MR) is 106 cm³/mol. The molecule has 0 radical (unpaired) electrons. The summed E-state index contributed by atoms with van der Waals surface area (Å²) in [5.41, 5.74) is 3.57. The Balaban J connectivity index is 1.47. The second-order valence-corrected chi connectivity index (χ2v) is 6.90. The fourth-order valence-electron chi connectivity index (χ4n) is 3.72. The van der Waals surface area contributed by atoms with Crippen molar-refractivity contribution in [3.63, 3.8) is 0 Å². The van der Waals surface area contributed by atoms with Crippen molar-refractivity contribution in [2.75, 3.05) is 25.1 Å². The number of piperidine rings is 1. The van der Waals surface area contributed by atoms with E-state index in [4.69, 9.17) is 9.84 Å². The molecule has 0 saturated carbocycles. The smallest absolute Gasteiger partial charge is 0.337 e. The molecule has 7 nitrogen and oxygen atoms in total. The minimum atomic E-state index is -0.956. The van der Waals surface area contributed by atoms with Gasteiger partial charge in [-0.1, -0.05) is 12.1 Å². The fourth-order valence-corrected chi connectivity index (χ4v) is 3.72. The first kappa shape index (κ1) is 18.0. The number of aromatic amines is 1. The van der Waals surface area contributed by atoms with Gasteiger partial charge >= 0.3 is 5.97 Å². The molecule has 4 rings (SSSR count). The number of hydrogen-bond donors (Lipinski definition) is 2. The monoisotopic (exact) mass is 378 g/mol. The van der Waals surface area contributed by atoms with Gasteiger partial charge in [-0.2, -0.15) is 5.10 Å². The van der Waals surface area contributed by atoms with E-state index in [1.54, 1.807) is 19.2 Å². The maximum Gasteiger partial charge on any atom is 0.337 e. The summed E-state index contributed by atoms with van der Waals surface area (Å²) in [5.74, 6) is 1.08. The van der Waals surface area contributed by atoms with Gasteiger partial charge in [-0.05, 0) is 42.7 Å². The van der Waals surface area contributed by atoms with E-state index in [-0.39, 0.29) is 5.56 Å². The number of anilines is 1. The highest BCUT2D eigenvalue weighted by Gasteiger charge is 2.25. The van der Waals surface area contributed by atoms with E-state index < -0.39 is 5.97 Å². The Morgan fingerprint density at radius 2 is 2.04 bits per heavy atom. The Morgan fingerprint density at radius 3 is 2.71 bits per heavy atom. The predicted octanol–water partition coefficient (Wildman–Crippen LogP) is 3.56. The van der Waals surface area contributed by atoms with E-state index in [9.17, 15) is 4.79 Å². The van der Waals surface area contributed by atoms with Crippen molar-refractivity contribution in [1.82, 2.24) is 15.2 Å². The summed E-state index contributed by atoms with van der Waals surface area (Å²) in [6.45, 7) is 1.72. The van der Waals surface area contributed by atoms with Crippen molar-refractivity contribution >= 4 is 11.8 Å². The number of ether oxygens (including phenoxy) is 1. The largest absolute Gasteiger partial charge is 0.497 e. The number of carboxylic acids is 1. The second kappa shape index (κ2) is 7.72. The Labute approximate surface area is 163 Å². The topological polar surface area (TPSA) is 91.3 Å². The van der Waals surface area contributed by atoms with E-state index in [2.05, 4.69) is 26.1 Å². The highest BCUT2D eigenvalue weighted by atomic mass is 16.5. The molecule has 0 aliphatic carbocycles. The number of nitrogens with zero attached hydrogens (tertiary/aromatic N) is 3. The molecular weight excluding hydrogens is 356 g/mol. The van der Waals surface area contributed by atoms with Crippen molar-refractivity contribution in [3.8, 4) is 16.9 Å². The summed E-state index contributed by atoms with van der Waals surface area (Å²) < 4.78 is 5.34. The molecule has 1 aliphatic rings. The first-order valence-electron chi connectivity index (χ1n) is 9.27. The van der Waals surface area contributed by atoms with E-state index in [0.717, 1.165) is 54.3 Å². The van der Waals surface area contributed by atoms with E-state index in [1.165, 1.54) is 6.20 Å². The molecule has 0 unspecified atom stereocenters. The summed E-state index contributed by atoms with van der Waals surface area (Å²) in [6, 6.07) is 11.4. The lowest BCUT2D eigenvalue weighted by atomic mass is 9.89. The van der Waals surface area contributed by atoms with Crippen molar-refractivity contribution in [3.05, 3.63) is 60.0 Å². The Morgan fingerprint density at radius 1 is 1.21 bits per heavy atom. The number of rotatable bonds is 5. The minimum absolute atomic E-state index is 0.207. The Hall–Kier alpha value is -3.35. The first-order valence-corrected chi connectivity index (χ1v) is 9.27. The van der Waals surface area contributed by atoms with Gasteiger partial charge in [-0.25, -0.2) is 9.78 Å². The third kappa shape index (κ3) is 3.55. The summed E-state index contributed by atoms with van der Waals surface area (Å²) in [4.78, 5) is 17.5. The normalized spacial score (nSPS) is 14.8. The Bertz CT molecular complexity index is 960. The van der Waals surface area contributed by atoms with E-state index in [1.807, 2.05) is 24.4 Å². The summed E-state index contributed by atoms with van der Waals surface area (Å²) in [6.07, 6.45) is 5.24. The van der Waals surface area contributed by atoms with Crippen LogP contribution in [0.25, 0.3) is 11.1 Å². The molecule has 0 bridgehead atoms. The van der Waals surface area contributed by atoms with Gasteiger partial charge < -0.3 is 14.7 Å². The van der Waals surface area contributed by atoms with Crippen molar-refractivity contribution in [2.24, 2.45) is 0 Å². The summed E-state index contributed by atoms with van der Waals surface area (Å²) >= 11 is 0. The van der Waals surface area contributed by atoms with Crippen LogP contribution in [0, 0.1) is 0 Å². The molecule has 0 atom stereocenters. The standard InChI is InChI=1S/C21H22N4O3/c1-28-17-4-2-3-15(11-17)18-13-23-24-20(18)14-7-9-25(10-8-14)19-6-5-16(12-22-19)21(26)27/h2-6,11-14H,7-10H2,1H3,(H,23,24)(H,26,27). The molecular formula is C21H22N4O3. The zero-order chi connectivity index (χ0) is 19.5. The van der Waals surface area contributed by atoms with Gasteiger partial charge in [0.25, 0.3) is 0 Å². The van der Waals surface area contributed by atoms with Crippen LogP contribution in [-0.4, -0.2) is 46.5 Å². The average molecular weight is 378 g/mol. The second-order valence-electron chi connectivity index (χ2n) is 6.90. The molecule has 1 aliphatic heterocycles. The van der Waals surface area contributed by atoms with Crippen LogP contribution in [0.1, 0.15) is 34.8 Å². The Kier molecular flexibility index (Phi) is 4.97. The van der Waals surface area contributed by atoms with E-state index >= 15 is 0 Å². The molecule has 7 heteroatoms. The van der Waals surface area contributed by atoms with Crippen molar-refractivity contribution in [1.29, 1.82) is 0 Å². The number of pyridine rings is 1. The fraction of sp³-hybridized carbons (Fsp3) is 0.286. The molecule has 1 fully saturated rings. The van der Waals surface area contributed by atoms with Gasteiger partial charge in [-0.3, -0.25) is 5.10 Å². The summed E-state index contributed by atoms with van der Waals surface area (Å²) in [7, 11) is 1.67. The third-order valence-corrected chi connectivity index (χ3v) is 5.27. The lowest BCUT2D eigenvalue weighted by Crippen LogP contribution is -2.33. The zero-order valence-corrected chi connectivity index (χ0v) is 15.6. The molecule has 1 aromatic carbocycles. The highest BCUT2D eigenvalue weighted by Crippen LogP contribution is 2.35. The van der Waals surface area contributed by atoms with Crippen molar-refractivity contribution in [2.45, 2.75) is 18.8 Å². The van der Waals surface area contributed by atoms with E-state index in [0.29, 0.717) is 5.92 Å². The van der Waals surface area contributed by atoms with Crippen LogP contribution in [0.2, 0.25) is 0 Å². The molecule has 2 aromatic heterocycles. The molecule has 0 amide bonds. The lowest BCUT2D eigenvalue weighted by molar-refractivity contribution is 0.0696. The SMILES string of the molecule is COc1cccc(-c2cn[nH]c2C2CCN(c3ccc(C(=O)O)cn3)CC2)c1. The minimum Gasteiger partial charge on any atom is -0.497 e. The molecule has 2 N–H and O–H groups in total. The van der Waals surface area contributed by atoms with Crippen LogP contribution in [0.15, 0.2) is 48.8 Å². The van der Waals surface area contributed by atoms with Gasteiger partial charge in [-0.15, -0.1) is 0 Å². The molecule has 28 heavy (non-hydrogen) atoms. The number of benzene rings is 1. The molecule has 144 valence electrons. The van der Waals surface area contributed by atoms with Gasteiger partial charge in [0.15, 0.2) is 0 Å². The number of H-pyrrole nitrogens is 1. The third-order valence-electron chi connectivity index (χ3n) is 5.27. The summed E-state index contributed by atoms with van der Waals surface area (Å²) in [5, 5.41) is 16.5. The van der Waals surface area contributed by atoms with Crippen LogP contribution in [0.5, 0.6) is 5.75 Å². The maximum absolute atomic E-state index is 11.0. The van der Waals surface area contributed by atoms with Crippen LogP contribution >= 0.6 is 0 Å². The van der Waals surface area contributed by atoms with Gasteiger partial charge in [0.05, 0.1) is 18.9 Å². The lowest BCUT2D eigenvalue weighted by Gasteiger charge is -2.32. The molecule has 3 heterocycles. The van der Waals surface area contributed by atoms with Gasteiger partial charge in [0.2, 0.25) is 0 Å².